The number of aliphatic imine (C=N–C) groups is 1. The number of hydrogen-bond donors (Lipinski definition) is 2. The highest BCUT2D eigenvalue weighted by molar-refractivity contribution is 5.99. The van der Waals surface area contributed by atoms with Gasteiger partial charge in [0.25, 0.3) is 5.91 Å². The van der Waals surface area contributed by atoms with Crippen molar-refractivity contribution in [2.24, 2.45) is 10.9 Å². The smallest absolute Gasteiger partial charge is 0.329 e. The maximum Gasteiger partial charge on any atom is 0.329 e. The van der Waals surface area contributed by atoms with Crippen LogP contribution >= 0.6 is 0 Å². The summed E-state index contributed by atoms with van der Waals surface area (Å²) in [6.45, 7) is 7.31. The van der Waals surface area contributed by atoms with Gasteiger partial charge in [0.1, 0.15) is 25.0 Å². The number of allylic oxidation sites excluding steroid dienone is 1. The van der Waals surface area contributed by atoms with Gasteiger partial charge in [0.15, 0.2) is 11.2 Å². The van der Waals surface area contributed by atoms with Crippen LogP contribution in [0.3, 0.4) is 0 Å². The molecule has 4 bridgehead atoms. The second kappa shape index (κ2) is 9.97. The number of carbonyl (C=O) groups is 3. The Morgan fingerprint density at radius 2 is 2.09 bits per heavy atom. The van der Waals surface area contributed by atoms with Crippen LogP contribution in [0.15, 0.2) is 27.8 Å². The molecule has 0 radical (unpaired) electrons. The normalized spacial score (nSPS) is 27.0. The molecule has 0 saturated carbocycles. The van der Waals surface area contributed by atoms with Crippen LogP contribution < -0.4 is 10.6 Å². The zero-order valence-electron chi connectivity index (χ0n) is 18.8. The van der Waals surface area contributed by atoms with Crippen LogP contribution in [-0.4, -0.2) is 53.0 Å². The van der Waals surface area contributed by atoms with Crippen molar-refractivity contribution in [2.75, 3.05) is 6.61 Å². The number of amides is 2. The van der Waals surface area contributed by atoms with Gasteiger partial charge >= 0.3 is 5.97 Å². The number of fused-ring (bicyclic) bond motifs is 4. The molecule has 3 atom stereocenters. The highest BCUT2D eigenvalue weighted by Crippen LogP contribution is 2.23. The maximum atomic E-state index is 13.0. The molecule has 0 saturated heterocycles. The molecule has 3 rings (SSSR count). The Labute approximate surface area is 186 Å². The fourth-order valence-electron chi connectivity index (χ4n) is 3.25. The van der Waals surface area contributed by atoms with Crippen LogP contribution in [0.4, 0.5) is 0 Å². The van der Waals surface area contributed by atoms with Gasteiger partial charge in [0, 0.05) is 0 Å². The van der Waals surface area contributed by atoms with Crippen molar-refractivity contribution < 1.29 is 28.3 Å². The third-order valence-electron chi connectivity index (χ3n) is 5.20. The summed E-state index contributed by atoms with van der Waals surface area (Å²) < 4.78 is 16.6. The van der Waals surface area contributed by atoms with E-state index in [-0.39, 0.29) is 43.2 Å². The third kappa shape index (κ3) is 5.54. The minimum Gasteiger partial charge on any atom is -0.473 e. The number of cyclic esters (lactones) is 1. The van der Waals surface area contributed by atoms with E-state index in [1.165, 1.54) is 6.26 Å². The molecular weight excluding hydrogens is 416 g/mol. The zero-order chi connectivity index (χ0) is 23.3. The molecule has 0 fully saturated rings. The number of oxazole rings is 1. The van der Waals surface area contributed by atoms with Crippen molar-refractivity contribution in [3.63, 3.8) is 0 Å². The van der Waals surface area contributed by atoms with Crippen molar-refractivity contribution in [2.45, 2.75) is 71.2 Å². The molecule has 2 aliphatic rings. The number of carbonyl (C=O) groups excluding carboxylic acids is 3. The predicted molar refractivity (Wildman–Crippen MR) is 115 cm³/mol. The van der Waals surface area contributed by atoms with Gasteiger partial charge in [0.2, 0.25) is 17.7 Å². The Hall–Kier alpha value is -3.17. The van der Waals surface area contributed by atoms with Gasteiger partial charge in [-0.05, 0) is 25.3 Å². The van der Waals surface area contributed by atoms with Gasteiger partial charge in [-0.3, -0.25) is 9.59 Å². The SMILES string of the molecule is CCC/C=C/[C@@H]1CC(=O)NCc2nc(co2)C2=N[C@@](C)(CO2)C(=O)NC(C(C)C)C(=O)O1. The van der Waals surface area contributed by atoms with Gasteiger partial charge in [0.05, 0.1) is 13.0 Å². The zero-order valence-corrected chi connectivity index (χ0v) is 18.8. The Kier molecular flexibility index (Phi) is 7.32. The molecule has 0 aliphatic carbocycles. The van der Waals surface area contributed by atoms with Gasteiger partial charge in [-0.25, -0.2) is 14.8 Å². The molecule has 2 amide bonds. The van der Waals surface area contributed by atoms with Crippen LogP contribution in [0.1, 0.15) is 58.5 Å². The number of hydrogen-bond acceptors (Lipinski definition) is 8. The van der Waals surface area contributed by atoms with E-state index in [2.05, 4.69) is 20.6 Å². The fraction of sp³-hybridized carbons (Fsp3) is 0.591. The molecule has 32 heavy (non-hydrogen) atoms. The summed E-state index contributed by atoms with van der Waals surface area (Å²) in [5.41, 5.74) is -0.897. The molecule has 0 aromatic carbocycles. The summed E-state index contributed by atoms with van der Waals surface area (Å²) in [7, 11) is 0. The largest absolute Gasteiger partial charge is 0.473 e. The van der Waals surface area contributed by atoms with Crippen LogP contribution in [0.25, 0.3) is 0 Å². The molecular formula is C22H30N4O6. The summed E-state index contributed by atoms with van der Waals surface area (Å²) in [6.07, 6.45) is 5.82. The Morgan fingerprint density at radius 3 is 2.81 bits per heavy atom. The summed E-state index contributed by atoms with van der Waals surface area (Å²) >= 11 is 0. The summed E-state index contributed by atoms with van der Waals surface area (Å²) in [5.74, 6) is -1.22. The minimum atomic E-state index is -1.23. The first kappa shape index (κ1) is 23.5. The molecule has 1 aromatic rings. The fourth-order valence-corrected chi connectivity index (χ4v) is 3.25. The van der Waals surface area contributed by atoms with Crippen molar-refractivity contribution in [3.8, 4) is 0 Å². The molecule has 2 aliphatic heterocycles. The van der Waals surface area contributed by atoms with Gasteiger partial charge in [-0.15, -0.1) is 0 Å². The van der Waals surface area contributed by atoms with Crippen molar-refractivity contribution >= 4 is 23.7 Å². The van der Waals surface area contributed by atoms with Gasteiger partial charge in [-0.1, -0.05) is 33.3 Å². The van der Waals surface area contributed by atoms with E-state index < -0.39 is 29.6 Å². The standard InChI is InChI=1S/C22H30N4O6/c1-5-6-7-8-14-9-16(27)23-10-17-24-15(11-30-17)19-26-22(4,12-31-19)21(29)25-18(13(2)3)20(28)32-14/h7-8,11,13-14,18H,5-6,9-10,12H2,1-4H3,(H,23,27)(H,25,29)/b8-7+/t14-,18?,22+/m1/s1. The average molecular weight is 447 g/mol. The molecule has 2 N–H and O–H groups in total. The lowest BCUT2D eigenvalue weighted by molar-refractivity contribution is -0.153. The lowest BCUT2D eigenvalue weighted by atomic mass is 10.00. The molecule has 1 unspecified atom stereocenters. The number of unbranched alkanes of at least 4 members (excludes halogenated alkanes) is 1. The van der Waals surface area contributed by atoms with Crippen molar-refractivity contribution in [1.29, 1.82) is 0 Å². The number of ether oxygens (including phenoxy) is 2. The molecule has 174 valence electrons. The predicted octanol–water partition coefficient (Wildman–Crippen LogP) is 1.64. The lowest BCUT2D eigenvalue weighted by Gasteiger charge is -2.26. The van der Waals surface area contributed by atoms with E-state index in [1.54, 1.807) is 26.8 Å². The van der Waals surface area contributed by atoms with Gasteiger partial charge in [-0.2, -0.15) is 0 Å². The number of esters is 1. The minimum absolute atomic E-state index is 0.00462. The average Bonchev–Trinajstić information content (AvgIpc) is 3.37. The van der Waals surface area contributed by atoms with E-state index >= 15 is 0 Å². The summed E-state index contributed by atoms with van der Waals surface area (Å²) in [4.78, 5) is 47.1. The van der Waals surface area contributed by atoms with Gasteiger partial charge < -0.3 is 24.5 Å². The molecule has 10 nitrogen and oxygen atoms in total. The van der Waals surface area contributed by atoms with Crippen LogP contribution in [0.2, 0.25) is 0 Å². The van der Waals surface area contributed by atoms with Crippen LogP contribution in [-0.2, 0) is 30.4 Å². The Bertz CT molecular complexity index is 921. The third-order valence-corrected chi connectivity index (χ3v) is 5.20. The first-order valence-corrected chi connectivity index (χ1v) is 10.8. The highest BCUT2D eigenvalue weighted by Gasteiger charge is 2.43. The monoisotopic (exact) mass is 446 g/mol. The van der Waals surface area contributed by atoms with Crippen molar-refractivity contribution in [1.82, 2.24) is 15.6 Å². The van der Waals surface area contributed by atoms with E-state index in [4.69, 9.17) is 13.9 Å². The number of nitrogens with one attached hydrogen (secondary N) is 2. The second-order valence-corrected chi connectivity index (χ2v) is 8.47. The van der Waals surface area contributed by atoms with E-state index in [1.807, 2.05) is 13.0 Å². The van der Waals surface area contributed by atoms with Crippen molar-refractivity contribution in [3.05, 3.63) is 30.0 Å². The highest BCUT2D eigenvalue weighted by atomic mass is 16.5. The molecule has 10 heteroatoms. The molecule has 1 aromatic heterocycles. The maximum absolute atomic E-state index is 13.0. The topological polar surface area (TPSA) is 132 Å². The number of nitrogens with zero attached hydrogens (tertiary/aromatic N) is 2. The Balaban J connectivity index is 1.92. The number of aromatic nitrogens is 1. The van der Waals surface area contributed by atoms with E-state index in [0.717, 1.165) is 12.8 Å². The Morgan fingerprint density at radius 1 is 1.31 bits per heavy atom. The molecule has 0 spiro atoms. The van der Waals surface area contributed by atoms with E-state index in [0.29, 0.717) is 5.69 Å². The van der Waals surface area contributed by atoms with Crippen LogP contribution in [0.5, 0.6) is 0 Å². The lowest BCUT2D eigenvalue weighted by Crippen LogP contribution is -2.53. The summed E-state index contributed by atoms with van der Waals surface area (Å²) in [5, 5.41) is 5.46. The van der Waals surface area contributed by atoms with E-state index in [9.17, 15) is 14.4 Å². The second-order valence-electron chi connectivity index (χ2n) is 8.47. The van der Waals surface area contributed by atoms with Crippen LogP contribution in [0, 0.1) is 5.92 Å². The molecule has 3 heterocycles. The quantitative estimate of drug-likeness (QED) is 0.531. The first-order chi connectivity index (χ1) is 15.2. The number of rotatable bonds is 4. The summed E-state index contributed by atoms with van der Waals surface area (Å²) in [6, 6.07) is -0.907. The first-order valence-electron chi connectivity index (χ1n) is 10.8.